The van der Waals surface area contributed by atoms with Crippen molar-refractivity contribution in [1.82, 2.24) is 9.97 Å². The molecule has 132 valence electrons. The number of ketones is 4. The Morgan fingerprint density at radius 2 is 1.15 bits per heavy atom. The fraction of sp³-hybridized carbons (Fsp3) is 0.444. The SMILES string of the molecule is CC(=O)c1nc2c(s1)C1CC3C(=O)c4nc(C(C)=O)sc4C3CC1C2=O. The second kappa shape index (κ2) is 5.23. The zero-order chi connectivity index (χ0) is 18.3. The van der Waals surface area contributed by atoms with E-state index in [0.29, 0.717) is 34.2 Å². The average Bonchev–Trinajstić information content (AvgIpc) is 3.31. The molecular formula is C18H14N2O4S2. The van der Waals surface area contributed by atoms with Crippen molar-refractivity contribution < 1.29 is 19.2 Å². The van der Waals surface area contributed by atoms with Gasteiger partial charge in [0, 0.05) is 47.3 Å². The van der Waals surface area contributed by atoms with Gasteiger partial charge in [-0.2, -0.15) is 0 Å². The van der Waals surface area contributed by atoms with Crippen LogP contribution in [0.4, 0.5) is 0 Å². The number of carbonyl (C=O) groups is 4. The van der Waals surface area contributed by atoms with Gasteiger partial charge < -0.3 is 0 Å². The predicted octanol–water partition coefficient (Wildman–Crippen LogP) is 3.29. The molecule has 1 fully saturated rings. The van der Waals surface area contributed by atoms with Crippen LogP contribution in [0, 0.1) is 11.8 Å². The van der Waals surface area contributed by atoms with Crippen LogP contribution in [-0.4, -0.2) is 33.1 Å². The van der Waals surface area contributed by atoms with Crippen LogP contribution in [0.2, 0.25) is 0 Å². The average molecular weight is 386 g/mol. The van der Waals surface area contributed by atoms with Gasteiger partial charge in [-0.25, -0.2) is 9.97 Å². The topological polar surface area (TPSA) is 94.1 Å². The summed E-state index contributed by atoms with van der Waals surface area (Å²) in [7, 11) is 0. The van der Waals surface area contributed by atoms with Gasteiger partial charge in [0.2, 0.25) is 0 Å². The summed E-state index contributed by atoms with van der Waals surface area (Å²) in [6.45, 7) is 2.90. The fourth-order valence-corrected chi connectivity index (χ4v) is 6.82. The summed E-state index contributed by atoms with van der Waals surface area (Å²) < 4.78 is 0. The fourth-order valence-electron chi connectivity index (χ4n) is 4.54. The van der Waals surface area contributed by atoms with E-state index in [1.54, 1.807) is 0 Å². The van der Waals surface area contributed by atoms with E-state index in [1.165, 1.54) is 36.5 Å². The van der Waals surface area contributed by atoms with E-state index in [0.717, 1.165) is 9.75 Å². The largest absolute Gasteiger partial charge is 0.292 e. The lowest BCUT2D eigenvalue weighted by Gasteiger charge is -2.32. The molecule has 2 aromatic heterocycles. The van der Waals surface area contributed by atoms with Crippen molar-refractivity contribution >= 4 is 45.8 Å². The van der Waals surface area contributed by atoms with E-state index in [4.69, 9.17) is 0 Å². The van der Waals surface area contributed by atoms with Gasteiger partial charge in [-0.1, -0.05) is 0 Å². The van der Waals surface area contributed by atoms with Crippen LogP contribution >= 0.6 is 22.7 Å². The minimum absolute atomic E-state index is 0.00981. The Kier molecular flexibility index (Phi) is 3.25. The predicted molar refractivity (Wildman–Crippen MR) is 94.6 cm³/mol. The normalized spacial score (nSPS) is 28.5. The van der Waals surface area contributed by atoms with Crippen LogP contribution in [0.1, 0.15) is 88.9 Å². The van der Waals surface area contributed by atoms with Gasteiger partial charge in [0.25, 0.3) is 0 Å². The van der Waals surface area contributed by atoms with Crippen LogP contribution in [0.5, 0.6) is 0 Å². The lowest BCUT2D eigenvalue weighted by molar-refractivity contribution is 0.0786. The maximum Gasteiger partial charge on any atom is 0.188 e. The number of nitrogens with zero attached hydrogens (tertiary/aromatic N) is 2. The quantitative estimate of drug-likeness (QED) is 0.735. The maximum absolute atomic E-state index is 12.8. The standard InChI is InChI=1S/C18H14N2O4S2/c1-5(21)17-19-11-13(23)7-4-10-8(3-9(7)15(11)25-17)14(24)12-16(10)26-18(20-12)6(2)22/h7-10H,3-4H2,1-2H3. The van der Waals surface area contributed by atoms with Gasteiger partial charge in [0.15, 0.2) is 33.1 Å². The van der Waals surface area contributed by atoms with E-state index in [2.05, 4.69) is 9.97 Å². The van der Waals surface area contributed by atoms with E-state index < -0.39 is 0 Å². The molecule has 0 saturated heterocycles. The molecule has 0 N–H and O–H groups in total. The van der Waals surface area contributed by atoms with Gasteiger partial charge in [-0.15, -0.1) is 22.7 Å². The molecule has 5 rings (SSSR count). The molecule has 8 heteroatoms. The molecule has 26 heavy (non-hydrogen) atoms. The first-order valence-corrected chi connectivity index (χ1v) is 10.1. The van der Waals surface area contributed by atoms with E-state index in [1.807, 2.05) is 0 Å². The van der Waals surface area contributed by atoms with E-state index >= 15 is 0 Å². The second-order valence-electron chi connectivity index (χ2n) is 7.20. The first-order valence-electron chi connectivity index (χ1n) is 8.48. The van der Waals surface area contributed by atoms with Crippen molar-refractivity contribution in [2.45, 2.75) is 38.5 Å². The molecule has 2 heterocycles. The van der Waals surface area contributed by atoms with Crippen LogP contribution in [0.25, 0.3) is 0 Å². The number of hydrogen-bond acceptors (Lipinski definition) is 8. The minimum Gasteiger partial charge on any atom is -0.292 e. The molecule has 0 aliphatic heterocycles. The summed E-state index contributed by atoms with van der Waals surface area (Å²) in [6.07, 6.45) is 1.18. The first kappa shape index (κ1) is 16.1. The highest BCUT2D eigenvalue weighted by Crippen LogP contribution is 2.58. The Bertz CT molecular complexity index is 952. The van der Waals surface area contributed by atoms with Crippen LogP contribution < -0.4 is 0 Å². The summed E-state index contributed by atoms with van der Waals surface area (Å²) in [5, 5.41) is 0.738. The maximum atomic E-state index is 12.8. The van der Waals surface area contributed by atoms with Gasteiger partial charge in [0.1, 0.15) is 11.4 Å². The van der Waals surface area contributed by atoms with Crippen molar-refractivity contribution in [2.75, 3.05) is 0 Å². The number of carbonyl (C=O) groups excluding carboxylic acids is 4. The van der Waals surface area contributed by atoms with Gasteiger partial charge >= 0.3 is 0 Å². The van der Waals surface area contributed by atoms with Gasteiger partial charge in [0.05, 0.1) is 0 Å². The summed E-state index contributed by atoms with van der Waals surface area (Å²) >= 11 is 2.59. The van der Waals surface area contributed by atoms with Crippen molar-refractivity contribution in [1.29, 1.82) is 0 Å². The van der Waals surface area contributed by atoms with Crippen molar-refractivity contribution in [3.05, 3.63) is 31.2 Å². The van der Waals surface area contributed by atoms with Crippen molar-refractivity contribution in [2.24, 2.45) is 11.8 Å². The first-order chi connectivity index (χ1) is 12.4. The third-order valence-electron chi connectivity index (χ3n) is 5.71. The highest BCUT2D eigenvalue weighted by molar-refractivity contribution is 7.14. The molecule has 1 saturated carbocycles. The molecule has 3 aliphatic carbocycles. The molecule has 2 aromatic rings. The Morgan fingerprint density at radius 1 is 0.769 bits per heavy atom. The highest BCUT2D eigenvalue weighted by Gasteiger charge is 2.55. The molecule has 0 radical (unpaired) electrons. The third kappa shape index (κ3) is 1.97. The van der Waals surface area contributed by atoms with Crippen molar-refractivity contribution in [3.63, 3.8) is 0 Å². The number of thiazole rings is 2. The number of Topliss-reactive ketones (excluding diaryl/α,β-unsaturated/α-hetero) is 4. The molecule has 3 aliphatic rings. The molecule has 0 amide bonds. The van der Waals surface area contributed by atoms with Crippen LogP contribution in [0.15, 0.2) is 0 Å². The smallest absolute Gasteiger partial charge is 0.188 e. The van der Waals surface area contributed by atoms with E-state index in [9.17, 15) is 19.2 Å². The Balaban J connectivity index is 1.53. The Morgan fingerprint density at radius 3 is 1.50 bits per heavy atom. The van der Waals surface area contributed by atoms with Gasteiger partial charge in [-0.05, 0) is 12.8 Å². The number of aromatic nitrogens is 2. The lowest BCUT2D eigenvalue weighted by Crippen LogP contribution is -2.30. The molecule has 4 unspecified atom stereocenters. The monoisotopic (exact) mass is 386 g/mol. The van der Waals surface area contributed by atoms with Crippen LogP contribution in [0.3, 0.4) is 0 Å². The van der Waals surface area contributed by atoms with E-state index in [-0.39, 0.29) is 46.8 Å². The summed E-state index contributed by atoms with van der Waals surface area (Å²) in [5.74, 6) is -0.733. The molecule has 4 atom stereocenters. The summed E-state index contributed by atoms with van der Waals surface area (Å²) in [5.41, 5.74) is 0.855. The van der Waals surface area contributed by atoms with Gasteiger partial charge in [-0.3, -0.25) is 19.2 Å². The zero-order valence-corrected chi connectivity index (χ0v) is 15.7. The van der Waals surface area contributed by atoms with Crippen LogP contribution in [-0.2, 0) is 0 Å². The van der Waals surface area contributed by atoms with Crippen molar-refractivity contribution in [3.8, 4) is 0 Å². The summed E-state index contributed by atoms with van der Waals surface area (Å²) in [6, 6.07) is 0. The molecule has 6 nitrogen and oxygen atoms in total. The molecule has 0 spiro atoms. The molecule has 0 aromatic carbocycles. The number of hydrogen-bond donors (Lipinski definition) is 0. The Labute approximate surface area is 156 Å². The lowest BCUT2D eigenvalue weighted by atomic mass is 9.70. The minimum atomic E-state index is -0.187. The second-order valence-corrected chi connectivity index (χ2v) is 9.26. The molecule has 0 bridgehead atoms. The Hall–Kier alpha value is -2.06. The zero-order valence-electron chi connectivity index (χ0n) is 14.1. The third-order valence-corrected chi connectivity index (χ3v) is 8.29. The molecular weight excluding hydrogens is 372 g/mol. The number of fused-ring (bicyclic) bond motifs is 6. The number of rotatable bonds is 2. The summed E-state index contributed by atoms with van der Waals surface area (Å²) in [4.78, 5) is 59.1. The highest BCUT2D eigenvalue weighted by atomic mass is 32.1.